The highest BCUT2D eigenvalue weighted by atomic mass is 16.5. The van der Waals surface area contributed by atoms with Crippen LogP contribution in [0.15, 0.2) is 248 Å². The fourth-order valence-electron chi connectivity index (χ4n) is 9.29. The van der Waals surface area contributed by atoms with Gasteiger partial charge in [-0.15, -0.1) is 0 Å². The molecule has 0 saturated heterocycles. The molecule has 9 aromatic carbocycles. The molecule has 0 spiro atoms. The SMILES string of the molecule is [O-][N+]1(c2ccc(-c3ccc(C4=CC(c5ccccc5)CN=C4)cc3)cc2)c2ccc(N(c3ccccc3)c3ccccc3)cc2-c2cc(N(c3ccccc3)c3ccccc3)ccc21. The first-order valence-electron chi connectivity index (χ1n) is 21.8. The summed E-state index contributed by atoms with van der Waals surface area (Å²) in [6.07, 6.45) is 4.31. The molecule has 64 heavy (non-hydrogen) atoms. The number of dihydropyridines is 1. The summed E-state index contributed by atoms with van der Waals surface area (Å²) in [5, 5.41) is 16.1. The Hall–Kier alpha value is -8.09. The van der Waals surface area contributed by atoms with Crippen molar-refractivity contribution in [2.75, 3.05) is 16.3 Å². The van der Waals surface area contributed by atoms with Crippen molar-refractivity contribution < 1.29 is 0 Å². The summed E-state index contributed by atoms with van der Waals surface area (Å²) in [5.74, 6) is 0.258. The quantitative estimate of drug-likeness (QED) is 0.102. The van der Waals surface area contributed by atoms with E-state index in [9.17, 15) is 0 Å². The normalized spacial score (nSPS) is 14.6. The molecule has 0 aromatic heterocycles. The zero-order valence-electron chi connectivity index (χ0n) is 35.2. The largest absolute Gasteiger partial charge is 0.616 e. The van der Waals surface area contributed by atoms with Crippen LogP contribution in [0, 0.1) is 5.21 Å². The zero-order chi connectivity index (χ0) is 42.9. The Balaban J connectivity index is 0.999. The van der Waals surface area contributed by atoms with Crippen molar-refractivity contribution in [2.45, 2.75) is 5.92 Å². The number of para-hydroxylation sites is 4. The van der Waals surface area contributed by atoms with Crippen molar-refractivity contribution >= 4 is 63.0 Å². The van der Waals surface area contributed by atoms with Crippen LogP contribution >= 0.6 is 0 Å². The predicted molar refractivity (Wildman–Crippen MR) is 268 cm³/mol. The van der Waals surface area contributed by atoms with Crippen LogP contribution in [0.2, 0.25) is 0 Å². The molecule has 2 aliphatic rings. The van der Waals surface area contributed by atoms with Gasteiger partial charge >= 0.3 is 0 Å². The maximum absolute atomic E-state index is 16.1. The molecule has 0 amide bonds. The number of anilines is 6. The van der Waals surface area contributed by atoms with Gasteiger partial charge in [-0.3, -0.25) is 9.64 Å². The number of aliphatic imine (C=N–C) groups is 1. The lowest BCUT2D eigenvalue weighted by Crippen LogP contribution is -2.29. The van der Waals surface area contributed by atoms with E-state index >= 15 is 5.21 Å². The Bertz CT molecular complexity index is 2910. The fraction of sp³-hybridized carbons (Fsp3) is 0.0339. The number of nitrogens with zero attached hydrogens (tertiary/aromatic N) is 4. The van der Waals surface area contributed by atoms with E-state index in [0.717, 1.165) is 74.1 Å². The van der Waals surface area contributed by atoms with Gasteiger partial charge < -0.3 is 15.0 Å². The van der Waals surface area contributed by atoms with Crippen LogP contribution in [-0.4, -0.2) is 12.8 Å². The van der Waals surface area contributed by atoms with Gasteiger partial charge in [-0.2, -0.15) is 0 Å². The summed E-state index contributed by atoms with van der Waals surface area (Å²) in [7, 11) is 0. The molecular weight excluding hydrogens is 781 g/mol. The monoisotopic (exact) mass is 824 g/mol. The fourth-order valence-corrected chi connectivity index (χ4v) is 9.29. The van der Waals surface area contributed by atoms with Crippen LogP contribution in [-0.2, 0) is 0 Å². The minimum Gasteiger partial charge on any atom is -0.616 e. The molecule has 1 unspecified atom stereocenters. The second-order valence-corrected chi connectivity index (χ2v) is 16.3. The molecular formula is C59H44N4O. The van der Waals surface area contributed by atoms with Crippen molar-refractivity contribution in [1.82, 2.24) is 4.65 Å². The number of rotatable bonds is 10. The van der Waals surface area contributed by atoms with Crippen LogP contribution in [0.4, 0.5) is 51.2 Å². The molecule has 5 heteroatoms. The van der Waals surface area contributed by atoms with E-state index in [1.54, 1.807) is 0 Å². The maximum atomic E-state index is 16.1. The topological polar surface area (TPSA) is 41.9 Å². The third-order valence-electron chi connectivity index (χ3n) is 12.4. The smallest absolute Gasteiger partial charge is 0.151 e. The Morgan fingerprint density at radius 3 is 1.23 bits per heavy atom. The van der Waals surface area contributed by atoms with Gasteiger partial charge in [-0.1, -0.05) is 133 Å². The van der Waals surface area contributed by atoms with Gasteiger partial charge in [0.25, 0.3) is 0 Å². The van der Waals surface area contributed by atoms with Crippen LogP contribution in [0.5, 0.6) is 0 Å². The second kappa shape index (κ2) is 16.6. The molecule has 0 fully saturated rings. The van der Waals surface area contributed by atoms with Crippen molar-refractivity contribution in [3.8, 4) is 22.3 Å². The third-order valence-corrected chi connectivity index (χ3v) is 12.4. The van der Waals surface area contributed by atoms with Crippen LogP contribution in [0.1, 0.15) is 17.0 Å². The number of hydrogen-bond acceptors (Lipinski definition) is 4. The maximum Gasteiger partial charge on any atom is 0.151 e. The Morgan fingerprint density at radius 2 is 0.797 bits per heavy atom. The lowest BCUT2D eigenvalue weighted by molar-refractivity contribution is 0.710. The van der Waals surface area contributed by atoms with Gasteiger partial charge in [0.15, 0.2) is 11.4 Å². The van der Waals surface area contributed by atoms with Gasteiger partial charge in [-0.05, 0) is 113 Å². The lowest BCUT2D eigenvalue weighted by Gasteiger charge is -2.38. The predicted octanol–water partition coefficient (Wildman–Crippen LogP) is 16.0. The number of allylic oxidation sites excluding steroid dienone is 1. The average molecular weight is 825 g/mol. The Morgan fingerprint density at radius 1 is 0.406 bits per heavy atom. The standard InChI is InChI=1S/C59H44N4O/c64-63(55-34-30-45(31-35-55)44-26-28-46(29-27-44)48-38-47(41-60-42-48)43-16-6-1-7-17-43)58-36-32-53(61(49-18-8-2-9-19-49)50-20-10-3-11-21-50)39-56(58)57-40-54(33-37-59(57)63)62(51-22-12-4-13-23-51)52-24-14-5-15-25-52/h1-40,42,47H,41H2. The first-order valence-corrected chi connectivity index (χ1v) is 21.8. The van der Waals surface area contributed by atoms with E-state index < -0.39 is 4.65 Å². The molecule has 0 saturated carbocycles. The van der Waals surface area contributed by atoms with Gasteiger partial charge in [0.1, 0.15) is 5.69 Å². The number of quaternary nitrogens is 1. The molecule has 9 aromatic rings. The second-order valence-electron chi connectivity index (χ2n) is 16.3. The molecule has 0 N–H and O–H groups in total. The molecule has 11 rings (SSSR count). The van der Waals surface area contributed by atoms with E-state index in [1.165, 1.54) is 5.56 Å². The number of benzene rings is 9. The lowest BCUT2D eigenvalue weighted by atomic mass is 9.92. The van der Waals surface area contributed by atoms with Crippen LogP contribution in [0.3, 0.4) is 0 Å². The van der Waals surface area contributed by atoms with Gasteiger partial charge in [0.05, 0.1) is 11.1 Å². The summed E-state index contributed by atoms with van der Waals surface area (Å²) in [4.78, 5) is 9.21. The molecule has 1 atom stereocenters. The molecule has 0 aliphatic carbocycles. The van der Waals surface area contributed by atoms with Gasteiger partial charge in [-0.25, -0.2) is 0 Å². The van der Waals surface area contributed by atoms with Crippen molar-refractivity contribution in [3.05, 3.63) is 259 Å². The van der Waals surface area contributed by atoms with Crippen molar-refractivity contribution in [3.63, 3.8) is 0 Å². The van der Waals surface area contributed by atoms with E-state index in [0.29, 0.717) is 17.1 Å². The van der Waals surface area contributed by atoms with Gasteiger partial charge in [0, 0.05) is 77.1 Å². The highest BCUT2D eigenvalue weighted by molar-refractivity contribution is 6.11. The molecule has 306 valence electrons. The minimum atomic E-state index is -0.714. The third kappa shape index (κ3) is 7.09. The van der Waals surface area contributed by atoms with E-state index in [2.05, 4.69) is 204 Å². The Kier molecular flexibility index (Phi) is 10.1. The van der Waals surface area contributed by atoms with Crippen LogP contribution < -0.4 is 14.4 Å². The summed E-state index contributed by atoms with van der Waals surface area (Å²) in [6, 6.07) is 81.6. The zero-order valence-corrected chi connectivity index (χ0v) is 35.2. The first-order chi connectivity index (χ1) is 31.6. The van der Waals surface area contributed by atoms with Gasteiger partial charge in [0.2, 0.25) is 0 Å². The van der Waals surface area contributed by atoms with Crippen molar-refractivity contribution in [1.29, 1.82) is 0 Å². The van der Waals surface area contributed by atoms with E-state index in [4.69, 9.17) is 4.99 Å². The van der Waals surface area contributed by atoms with Crippen molar-refractivity contribution in [2.24, 2.45) is 4.99 Å². The average Bonchev–Trinajstić information content (AvgIpc) is 3.63. The van der Waals surface area contributed by atoms with E-state index in [1.807, 2.05) is 54.7 Å². The number of hydrogen-bond donors (Lipinski definition) is 0. The minimum absolute atomic E-state index is 0.258. The molecule has 0 radical (unpaired) electrons. The summed E-state index contributed by atoms with van der Waals surface area (Å²) in [5.41, 5.74) is 15.5. The highest BCUT2D eigenvalue weighted by Gasteiger charge is 2.40. The summed E-state index contributed by atoms with van der Waals surface area (Å²) >= 11 is 0. The summed E-state index contributed by atoms with van der Waals surface area (Å²) in [6.45, 7) is 0.759. The molecule has 2 aliphatic heterocycles. The van der Waals surface area contributed by atoms with E-state index in [-0.39, 0.29) is 5.92 Å². The van der Waals surface area contributed by atoms with Crippen LogP contribution in [0.25, 0.3) is 27.8 Å². The molecule has 2 heterocycles. The Labute approximate surface area is 374 Å². The first kappa shape index (κ1) is 38.8. The highest BCUT2D eigenvalue weighted by Crippen LogP contribution is 2.59. The number of fused-ring (bicyclic) bond motifs is 3. The summed E-state index contributed by atoms with van der Waals surface area (Å²) < 4.78 is -0.714. The molecule has 5 nitrogen and oxygen atoms in total. The molecule has 0 bridgehead atoms.